The second-order valence-electron chi connectivity index (χ2n) is 3.55. The van der Waals surface area contributed by atoms with Gasteiger partial charge in [-0.3, -0.25) is 0 Å². The van der Waals surface area contributed by atoms with Crippen molar-refractivity contribution in [3.63, 3.8) is 0 Å². The molecule has 6 heteroatoms. The number of nitriles is 2. The number of rotatable bonds is 2. The summed E-state index contributed by atoms with van der Waals surface area (Å²) in [5.74, 6) is -0.178. The predicted octanol–water partition coefficient (Wildman–Crippen LogP) is 3.53. The molecule has 0 aliphatic rings. The van der Waals surface area contributed by atoms with Gasteiger partial charge >= 0.3 is 0 Å². The lowest BCUT2D eigenvalue weighted by Gasteiger charge is -2.10. The number of thiophene rings is 1. The Kier molecular flexibility index (Phi) is 3.62. The summed E-state index contributed by atoms with van der Waals surface area (Å²) in [7, 11) is 1.36. The van der Waals surface area contributed by atoms with Gasteiger partial charge in [-0.05, 0) is 12.1 Å². The van der Waals surface area contributed by atoms with Crippen LogP contribution in [-0.2, 0) is 0 Å². The molecule has 0 spiro atoms. The molecule has 0 saturated heterocycles. The fourth-order valence-electron chi connectivity index (χ4n) is 1.71. The molecular formula is C13H7ClN2O2S. The molecule has 0 radical (unpaired) electrons. The lowest BCUT2D eigenvalue weighted by Crippen LogP contribution is -1.93. The third-order valence-corrected chi connectivity index (χ3v) is 3.79. The van der Waals surface area contributed by atoms with Crippen LogP contribution in [-0.4, -0.2) is 12.2 Å². The Hall–Kier alpha value is -2.21. The molecule has 94 valence electrons. The summed E-state index contributed by atoms with van der Waals surface area (Å²) >= 11 is 7.10. The number of phenolic OH excluding ortho intramolecular Hbond substituents is 1. The van der Waals surface area contributed by atoms with E-state index in [0.717, 1.165) is 0 Å². The summed E-state index contributed by atoms with van der Waals surface area (Å²) in [5.41, 5.74) is 0.638. The van der Waals surface area contributed by atoms with Crippen LogP contribution >= 0.6 is 22.9 Å². The molecule has 2 rings (SSSR count). The van der Waals surface area contributed by atoms with Crippen LogP contribution in [0.4, 0.5) is 0 Å². The second kappa shape index (κ2) is 5.19. The molecule has 0 aliphatic carbocycles. The second-order valence-corrected chi connectivity index (χ2v) is 5.27. The summed E-state index contributed by atoms with van der Waals surface area (Å²) < 4.78 is 5.49. The SMILES string of the molecule is COc1cc(C#N)c(-c2ccc(Cl)s2)c(C#N)c1O. The minimum Gasteiger partial charge on any atom is -0.503 e. The zero-order valence-electron chi connectivity index (χ0n) is 9.77. The first-order chi connectivity index (χ1) is 9.12. The smallest absolute Gasteiger partial charge is 0.176 e. The van der Waals surface area contributed by atoms with E-state index in [9.17, 15) is 15.6 Å². The number of hydrogen-bond donors (Lipinski definition) is 1. The fraction of sp³-hybridized carbons (Fsp3) is 0.0769. The van der Waals surface area contributed by atoms with Crippen molar-refractivity contribution in [1.29, 1.82) is 10.5 Å². The van der Waals surface area contributed by atoms with Crippen LogP contribution in [0.15, 0.2) is 18.2 Å². The Balaban J connectivity index is 2.83. The summed E-state index contributed by atoms with van der Waals surface area (Å²) in [4.78, 5) is 0.649. The van der Waals surface area contributed by atoms with Crippen LogP contribution in [0.3, 0.4) is 0 Å². The van der Waals surface area contributed by atoms with Crippen LogP contribution in [0.25, 0.3) is 10.4 Å². The average molecular weight is 291 g/mol. The number of aromatic hydroxyl groups is 1. The third-order valence-electron chi connectivity index (χ3n) is 2.54. The van der Waals surface area contributed by atoms with E-state index >= 15 is 0 Å². The molecule has 4 nitrogen and oxygen atoms in total. The van der Waals surface area contributed by atoms with Gasteiger partial charge in [-0.2, -0.15) is 10.5 Å². The monoisotopic (exact) mass is 290 g/mol. The normalized spacial score (nSPS) is 9.68. The number of nitrogens with zero attached hydrogens (tertiary/aromatic N) is 2. The molecule has 2 aromatic rings. The van der Waals surface area contributed by atoms with E-state index in [1.54, 1.807) is 12.1 Å². The van der Waals surface area contributed by atoms with Crippen LogP contribution < -0.4 is 4.74 Å². The summed E-state index contributed by atoms with van der Waals surface area (Å²) in [6, 6.07) is 8.68. The Labute approximate surface area is 118 Å². The van der Waals surface area contributed by atoms with E-state index in [2.05, 4.69) is 0 Å². The lowest BCUT2D eigenvalue weighted by molar-refractivity contribution is 0.373. The average Bonchev–Trinajstić information content (AvgIpc) is 2.84. The minimum absolute atomic E-state index is 0.00872. The number of halogens is 1. The first-order valence-corrected chi connectivity index (χ1v) is 6.31. The Morgan fingerprint density at radius 3 is 2.53 bits per heavy atom. The van der Waals surface area contributed by atoms with Gasteiger partial charge in [-0.15, -0.1) is 11.3 Å². The molecular weight excluding hydrogens is 284 g/mol. The Morgan fingerprint density at radius 1 is 1.32 bits per heavy atom. The molecule has 0 fully saturated rings. The van der Waals surface area contributed by atoms with E-state index in [1.165, 1.54) is 24.5 Å². The Bertz CT molecular complexity index is 725. The van der Waals surface area contributed by atoms with E-state index in [0.29, 0.717) is 14.8 Å². The van der Waals surface area contributed by atoms with Gasteiger partial charge in [0, 0.05) is 16.5 Å². The largest absolute Gasteiger partial charge is 0.503 e. The fourth-order valence-corrected chi connectivity index (χ4v) is 2.81. The van der Waals surface area contributed by atoms with Crippen LogP contribution in [0, 0.1) is 22.7 Å². The van der Waals surface area contributed by atoms with Gasteiger partial charge in [-0.25, -0.2) is 0 Å². The molecule has 1 N–H and O–H groups in total. The molecule has 1 aromatic heterocycles. The molecule has 1 aromatic carbocycles. The van der Waals surface area contributed by atoms with Crippen molar-refractivity contribution < 1.29 is 9.84 Å². The van der Waals surface area contributed by atoms with Crippen LogP contribution in [0.1, 0.15) is 11.1 Å². The summed E-state index contributed by atoms with van der Waals surface area (Å²) in [5, 5.41) is 28.4. The highest BCUT2D eigenvalue weighted by Gasteiger charge is 2.20. The zero-order valence-corrected chi connectivity index (χ0v) is 11.3. The zero-order chi connectivity index (χ0) is 14.0. The van der Waals surface area contributed by atoms with Gasteiger partial charge in [0.1, 0.15) is 11.6 Å². The number of methoxy groups -OCH3 is 1. The predicted molar refractivity (Wildman–Crippen MR) is 72.4 cm³/mol. The van der Waals surface area contributed by atoms with Gasteiger partial charge in [0.15, 0.2) is 11.5 Å². The summed E-state index contributed by atoms with van der Waals surface area (Å²) in [6.07, 6.45) is 0. The topological polar surface area (TPSA) is 77.0 Å². The first kappa shape index (κ1) is 13.2. The highest BCUT2D eigenvalue weighted by Crippen LogP contribution is 2.42. The van der Waals surface area contributed by atoms with E-state index in [1.807, 2.05) is 12.1 Å². The standard InChI is InChI=1S/C13H7ClN2O2S/c1-18-9-4-7(5-15)12(8(6-16)13(9)17)10-2-3-11(14)19-10/h2-4,17H,1H3. The minimum atomic E-state index is -0.275. The Morgan fingerprint density at radius 2 is 2.05 bits per heavy atom. The van der Waals surface area contributed by atoms with Gasteiger partial charge in [0.05, 0.1) is 23.1 Å². The highest BCUT2D eigenvalue weighted by molar-refractivity contribution is 7.19. The van der Waals surface area contributed by atoms with Crippen LogP contribution in [0.5, 0.6) is 11.5 Å². The van der Waals surface area contributed by atoms with Crippen molar-refractivity contribution in [3.8, 4) is 34.1 Å². The van der Waals surface area contributed by atoms with Crippen molar-refractivity contribution in [3.05, 3.63) is 33.7 Å². The molecule has 19 heavy (non-hydrogen) atoms. The number of benzene rings is 1. The number of ether oxygens (including phenoxy) is 1. The van der Waals surface area contributed by atoms with Crippen molar-refractivity contribution in [1.82, 2.24) is 0 Å². The van der Waals surface area contributed by atoms with E-state index in [4.69, 9.17) is 16.3 Å². The third kappa shape index (κ3) is 2.22. The maximum atomic E-state index is 9.97. The van der Waals surface area contributed by atoms with Crippen molar-refractivity contribution >= 4 is 22.9 Å². The number of phenols is 1. The molecule has 0 aliphatic heterocycles. The lowest BCUT2D eigenvalue weighted by atomic mass is 9.99. The molecule has 0 bridgehead atoms. The molecule has 0 atom stereocenters. The van der Waals surface area contributed by atoms with Gasteiger partial charge in [-0.1, -0.05) is 11.6 Å². The van der Waals surface area contributed by atoms with Gasteiger partial charge in [0.25, 0.3) is 0 Å². The maximum absolute atomic E-state index is 9.97. The molecule has 0 amide bonds. The van der Waals surface area contributed by atoms with Gasteiger partial charge in [0.2, 0.25) is 0 Å². The molecule has 0 saturated carbocycles. The number of hydrogen-bond acceptors (Lipinski definition) is 5. The highest BCUT2D eigenvalue weighted by atomic mass is 35.5. The van der Waals surface area contributed by atoms with Crippen molar-refractivity contribution in [2.45, 2.75) is 0 Å². The maximum Gasteiger partial charge on any atom is 0.176 e. The van der Waals surface area contributed by atoms with E-state index in [-0.39, 0.29) is 22.6 Å². The molecule has 0 unspecified atom stereocenters. The summed E-state index contributed by atoms with van der Waals surface area (Å²) in [6.45, 7) is 0. The van der Waals surface area contributed by atoms with E-state index < -0.39 is 0 Å². The van der Waals surface area contributed by atoms with Crippen LogP contribution in [0.2, 0.25) is 4.34 Å². The van der Waals surface area contributed by atoms with Crippen molar-refractivity contribution in [2.24, 2.45) is 0 Å². The quantitative estimate of drug-likeness (QED) is 0.918. The van der Waals surface area contributed by atoms with Gasteiger partial charge < -0.3 is 9.84 Å². The first-order valence-electron chi connectivity index (χ1n) is 5.12. The van der Waals surface area contributed by atoms with Crippen molar-refractivity contribution in [2.75, 3.05) is 7.11 Å². The molecule has 1 heterocycles.